The number of esters is 1. The summed E-state index contributed by atoms with van der Waals surface area (Å²) in [6.45, 7) is 1.77. The number of rotatable bonds is 5. The van der Waals surface area contributed by atoms with Crippen LogP contribution in [0.3, 0.4) is 0 Å². The molecule has 27 heavy (non-hydrogen) atoms. The lowest BCUT2D eigenvalue weighted by Gasteiger charge is -2.35. The molecule has 1 unspecified atom stereocenters. The summed E-state index contributed by atoms with van der Waals surface area (Å²) in [5.41, 5.74) is 2.09. The molecule has 4 nitrogen and oxygen atoms in total. The predicted molar refractivity (Wildman–Crippen MR) is 102 cm³/mol. The molecule has 0 bridgehead atoms. The number of benzene rings is 2. The highest BCUT2D eigenvalue weighted by Gasteiger charge is 2.31. The summed E-state index contributed by atoms with van der Waals surface area (Å²) in [6, 6.07) is 13.3. The van der Waals surface area contributed by atoms with Crippen molar-refractivity contribution in [3.05, 3.63) is 59.4 Å². The van der Waals surface area contributed by atoms with Crippen LogP contribution in [0, 0.1) is 5.82 Å². The van der Waals surface area contributed by atoms with Gasteiger partial charge in [0.2, 0.25) is 0 Å². The van der Waals surface area contributed by atoms with Crippen LogP contribution in [-0.4, -0.2) is 32.3 Å². The molecule has 2 aromatic rings. The van der Waals surface area contributed by atoms with E-state index in [-0.39, 0.29) is 11.7 Å². The molecule has 0 N–H and O–H groups in total. The molecule has 2 aliphatic rings. The fourth-order valence-electron chi connectivity index (χ4n) is 3.74. The Hall–Kier alpha value is -2.56. The SMILES string of the molecule is COC(=O)c1cc(C2CC2)c(OC2CCCN(c3ccccc3)C2)cc1F. The van der Waals surface area contributed by atoms with Crippen LogP contribution in [0.5, 0.6) is 5.75 Å². The molecule has 0 radical (unpaired) electrons. The summed E-state index contributed by atoms with van der Waals surface area (Å²) in [4.78, 5) is 14.1. The van der Waals surface area contributed by atoms with E-state index in [1.54, 1.807) is 6.07 Å². The highest BCUT2D eigenvalue weighted by Crippen LogP contribution is 2.45. The van der Waals surface area contributed by atoms with Gasteiger partial charge in [0, 0.05) is 18.3 Å². The highest BCUT2D eigenvalue weighted by atomic mass is 19.1. The van der Waals surface area contributed by atoms with Gasteiger partial charge in [-0.15, -0.1) is 0 Å². The number of halogens is 1. The van der Waals surface area contributed by atoms with Gasteiger partial charge in [-0.2, -0.15) is 0 Å². The Morgan fingerprint density at radius 1 is 1.15 bits per heavy atom. The molecule has 1 atom stereocenters. The fraction of sp³-hybridized carbons (Fsp3) is 0.409. The number of piperidine rings is 1. The predicted octanol–water partition coefficient (Wildman–Crippen LogP) is 4.54. The zero-order valence-electron chi connectivity index (χ0n) is 15.5. The summed E-state index contributed by atoms with van der Waals surface area (Å²) in [7, 11) is 1.27. The molecule has 0 amide bonds. The van der Waals surface area contributed by atoms with Crippen LogP contribution < -0.4 is 9.64 Å². The van der Waals surface area contributed by atoms with E-state index in [1.165, 1.54) is 18.9 Å². The zero-order chi connectivity index (χ0) is 18.8. The van der Waals surface area contributed by atoms with Crippen molar-refractivity contribution in [1.82, 2.24) is 0 Å². The molecule has 1 heterocycles. The lowest BCUT2D eigenvalue weighted by molar-refractivity contribution is 0.0595. The van der Waals surface area contributed by atoms with Gasteiger partial charge < -0.3 is 14.4 Å². The second-order valence-electron chi connectivity index (χ2n) is 7.30. The molecule has 1 saturated heterocycles. The average molecular weight is 369 g/mol. The van der Waals surface area contributed by atoms with Crippen LogP contribution in [0.2, 0.25) is 0 Å². The minimum absolute atomic E-state index is 0.000155. The van der Waals surface area contributed by atoms with E-state index < -0.39 is 11.8 Å². The number of carbonyl (C=O) groups is 1. The maximum atomic E-state index is 14.5. The molecule has 2 fully saturated rings. The normalized spacial score (nSPS) is 19.6. The molecular formula is C22H24FNO3. The minimum Gasteiger partial charge on any atom is -0.488 e. The Morgan fingerprint density at radius 3 is 2.63 bits per heavy atom. The van der Waals surface area contributed by atoms with Crippen molar-refractivity contribution in [3.63, 3.8) is 0 Å². The van der Waals surface area contributed by atoms with Crippen molar-refractivity contribution in [2.24, 2.45) is 0 Å². The minimum atomic E-state index is -0.645. The van der Waals surface area contributed by atoms with Gasteiger partial charge >= 0.3 is 5.97 Å². The first kappa shape index (κ1) is 17.8. The van der Waals surface area contributed by atoms with E-state index >= 15 is 0 Å². The maximum Gasteiger partial charge on any atom is 0.340 e. The third-order valence-electron chi connectivity index (χ3n) is 5.32. The molecule has 0 spiro atoms. The number of anilines is 1. The number of nitrogens with zero attached hydrogens (tertiary/aromatic N) is 1. The van der Waals surface area contributed by atoms with Crippen molar-refractivity contribution < 1.29 is 18.7 Å². The van der Waals surface area contributed by atoms with E-state index in [2.05, 4.69) is 17.0 Å². The lowest BCUT2D eigenvalue weighted by Crippen LogP contribution is -2.41. The second-order valence-corrected chi connectivity index (χ2v) is 7.30. The van der Waals surface area contributed by atoms with Crippen LogP contribution in [0.15, 0.2) is 42.5 Å². The first-order chi connectivity index (χ1) is 13.2. The summed E-state index contributed by atoms with van der Waals surface area (Å²) in [5, 5.41) is 0. The van der Waals surface area contributed by atoms with E-state index in [0.717, 1.165) is 44.3 Å². The van der Waals surface area contributed by atoms with E-state index in [1.807, 2.05) is 18.2 Å². The Bertz CT molecular complexity index is 820. The highest BCUT2D eigenvalue weighted by molar-refractivity contribution is 5.90. The van der Waals surface area contributed by atoms with Gasteiger partial charge in [-0.05, 0) is 55.4 Å². The number of para-hydroxylation sites is 1. The number of hydrogen-bond acceptors (Lipinski definition) is 4. The zero-order valence-corrected chi connectivity index (χ0v) is 15.5. The summed E-state index contributed by atoms with van der Waals surface area (Å²) >= 11 is 0. The summed E-state index contributed by atoms with van der Waals surface area (Å²) < 4.78 is 25.4. The van der Waals surface area contributed by atoms with Crippen molar-refractivity contribution in [2.45, 2.75) is 37.7 Å². The van der Waals surface area contributed by atoms with E-state index in [4.69, 9.17) is 9.47 Å². The standard InChI is InChI=1S/C22H24FNO3/c1-26-22(25)19-12-18(15-9-10-15)21(13-20(19)23)27-17-8-5-11-24(14-17)16-6-3-2-4-7-16/h2-4,6-7,12-13,15,17H,5,8-11,14H2,1H3. The Morgan fingerprint density at radius 2 is 1.93 bits per heavy atom. The molecule has 0 aromatic heterocycles. The number of carbonyl (C=O) groups excluding carboxylic acids is 1. The van der Waals surface area contributed by atoms with Crippen LogP contribution in [0.1, 0.15) is 47.5 Å². The first-order valence-corrected chi connectivity index (χ1v) is 9.54. The second kappa shape index (κ2) is 7.59. The van der Waals surface area contributed by atoms with Crippen LogP contribution in [0.4, 0.5) is 10.1 Å². The van der Waals surface area contributed by atoms with Gasteiger partial charge in [-0.3, -0.25) is 0 Å². The molecule has 4 rings (SSSR count). The topological polar surface area (TPSA) is 38.8 Å². The van der Waals surface area contributed by atoms with Crippen LogP contribution >= 0.6 is 0 Å². The monoisotopic (exact) mass is 369 g/mol. The largest absolute Gasteiger partial charge is 0.488 e. The summed E-state index contributed by atoms with van der Waals surface area (Å²) in [6.07, 6.45) is 4.06. The summed E-state index contributed by atoms with van der Waals surface area (Å²) in [5.74, 6) is -0.314. The molecule has 5 heteroatoms. The maximum absolute atomic E-state index is 14.5. The Kier molecular flexibility index (Phi) is 5.01. The number of methoxy groups -OCH3 is 1. The van der Waals surface area contributed by atoms with Crippen molar-refractivity contribution in [3.8, 4) is 5.75 Å². The molecule has 1 aliphatic heterocycles. The van der Waals surface area contributed by atoms with Crippen molar-refractivity contribution >= 4 is 11.7 Å². The average Bonchev–Trinajstić information content (AvgIpc) is 3.54. The first-order valence-electron chi connectivity index (χ1n) is 9.54. The molecule has 1 saturated carbocycles. The molecule has 1 aliphatic carbocycles. The third kappa shape index (κ3) is 3.92. The molecular weight excluding hydrogens is 345 g/mol. The quantitative estimate of drug-likeness (QED) is 0.726. The molecule has 142 valence electrons. The molecule has 2 aromatic carbocycles. The van der Waals surface area contributed by atoms with Crippen molar-refractivity contribution in [2.75, 3.05) is 25.1 Å². The smallest absolute Gasteiger partial charge is 0.340 e. The van der Waals surface area contributed by atoms with E-state index in [9.17, 15) is 9.18 Å². The van der Waals surface area contributed by atoms with Gasteiger partial charge in [0.1, 0.15) is 17.7 Å². The number of hydrogen-bond donors (Lipinski definition) is 0. The van der Waals surface area contributed by atoms with Crippen LogP contribution in [0.25, 0.3) is 0 Å². The fourth-order valence-corrected chi connectivity index (χ4v) is 3.74. The lowest BCUT2D eigenvalue weighted by atomic mass is 10.0. The van der Waals surface area contributed by atoms with Gasteiger partial charge in [0.05, 0.1) is 19.2 Å². The Labute approximate surface area is 158 Å². The van der Waals surface area contributed by atoms with Crippen LogP contribution in [-0.2, 0) is 4.74 Å². The Balaban J connectivity index is 1.55. The van der Waals surface area contributed by atoms with Gasteiger partial charge in [-0.1, -0.05) is 18.2 Å². The van der Waals surface area contributed by atoms with Gasteiger partial charge in [-0.25, -0.2) is 9.18 Å². The van der Waals surface area contributed by atoms with E-state index in [0.29, 0.717) is 11.7 Å². The van der Waals surface area contributed by atoms with Gasteiger partial charge in [0.15, 0.2) is 0 Å². The van der Waals surface area contributed by atoms with Gasteiger partial charge in [0.25, 0.3) is 0 Å². The van der Waals surface area contributed by atoms with Crippen molar-refractivity contribution in [1.29, 1.82) is 0 Å². The third-order valence-corrected chi connectivity index (χ3v) is 5.32. The number of ether oxygens (including phenoxy) is 2.